The highest BCUT2D eigenvalue weighted by molar-refractivity contribution is 5.46. The lowest BCUT2D eigenvalue weighted by Crippen LogP contribution is -2.31. The van der Waals surface area contributed by atoms with Crippen molar-refractivity contribution in [1.82, 2.24) is 9.97 Å². The van der Waals surface area contributed by atoms with Gasteiger partial charge in [-0.15, -0.1) is 0 Å². The topological polar surface area (TPSA) is 70.1 Å². The van der Waals surface area contributed by atoms with Gasteiger partial charge in [-0.2, -0.15) is 4.98 Å². The second-order valence-corrected chi connectivity index (χ2v) is 3.62. The third kappa shape index (κ3) is 4.10. The van der Waals surface area contributed by atoms with E-state index in [1.165, 1.54) is 0 Å². The fourth-order valence-electron chi connectivity index (χ4n) is 1.13. The predicted octanol–water partition coefficient (Wildman–Crippen LogP) is 1.26. The number of hydrogen-bond acceptors (Lipinski definition) is 5. The van der Waals surface area contributed by atoms with Gasteiger partial charge in [0.25, 0.3) is 5.92 Å². The number of nitrogens with one attached hydrogen (secondary N) is 2. The lowest BCUT2D eigenvalue weighted by atomic mass is 10.3. The Morgan fingerprint density at radius 3 is 2.71 bits per heavy atom. The first kappa shape index (κ1) is 13.6. The van der Waals surface area contributed by atoms with Crippen molar-refractivity contribution in [2.75, 3.05) is 30.3 Å². The highest BCUT2D eigenvalue weighted by atomic mass is 19.3. The highest BCUT2D eigenvalue weighted by Crippen LogP contribution is 2.16. The first-order valence-corrected chi connectivity index (χ1v) is 5.28. The largest absolute Gasteiger partial charge is 0.390 e. The van der Waals surface area contributed by atoms with E-state index in [1.54, 1.807) is 13.1 Å². The van der Waals surface area contributed by atoms with Gasteiger partial charge in [0.1, 0.15) is 12.4 Å². The summed E-state index contributed by atoms with van der Waals surface area (Å²) in [7, 11) is 0. The van der Waals surface area contributed by atoms with E-state index in [-0.39, 0.29) is 0 Å². The van der Waals surface area contributed by atoms with E-state index in [0.29, 0.717) is 23.9 Å². The summed E-state index contributed by atoms with van der Waals surface area (Å²) in [5, 5.41) is 13.8. The van der Waals surface area contributed by atoms with Crippen LogP contribution in [0.1, 0.15) is 12.5 Å². The molecule has 0 radical (unpaired) electrons. The Morgan fingerprint density at radius 1 is 1.41 bits per heavy atom. The number of rotatable bonds is 6. The van der Waals surface area contributed by atoms with Gasteiger partial charge in [-0.05, 0) is 13.8 Å². The molecule has 1 rings (SSSR count). The summed E-state index contributed by atoms with van der Waals surface area (Å²) in [6, 6.07) is 0. The molecular weight excluding hydrogens is 230 g/mol. The Morgan fingerprint density at radius 2 is 2.12 bits per heavy atom. The number of aliphatic hydroxyl groups is 1. The van der Waals surface area contributed by atoms with Gasteiger partial charge in [0.2, 0.25) is 5.95 Å². The van der Waals surface area contributed by atoms with Crippen LogP contribution < -0.4 is 10.6 Å². The van der Waals surface area contributed by atoms with Crippen LogP contribution in [0.15, 0.2) is 6.20 Å². The standard InChI is InChI=1S/C10H16F2N4O/c1-3-13-9-14-4-7(2)8(16-9)15-5-10(11,12)6-17/h4,17H,3,5-6H2,1-2H3,(H2,13,14,15,16). The van der Waals surface area contributed by atoms with Crippen LogP contribution in [0, 0.1) is 6.92 Å². The fourth-order valence-corrected chi connectivity index (χ4v) is 1.13. The molecule has 0 bridgehead atoms. The molecule has 1 heterocycles. The molecule has 1 aromatic rings. The Balaban J connectivity index is 2.72. The molecule has 0 unspecified atom stereocenters. The molecule has 1 aromatic heterocycles. The molecular formula is C10H16F2N4O. The van der Waals surface area contributed by atoms with Crippen LogP contribution in [0.5, 0.6) is 0 Å². The van der Waals surface area contributed by atoms with Gasteiger partial charge in [0.05, 0.1) is 6.54 Å². The van der Waals surface area contributed by atoms with Crippen LogP contribution in [-0.2, 0) is 0 Å². The summed E-state index contributed by atoms with van der Waals surface area (Å²) >= 11 is 0. The average molecular weight is 246 g/mol. The number of aryl methyl sites for hydroxylation is 1. The van der Waals surface area contributed by atoms with Crippen molar-refractivity contribution < 1.29 is 13.9 Å². The van der Waals surface area contributed by atoms with Crippen LogP contribution in [0.4, 0.5) is 20.5 Å². The van der Waals surface area contributed by atoms with Gasteiger partial charge in [-0.25, -0.2) is 13.8 Å². The van der Waals surface area contributed by atoms with Crippen molar-refractivity contribution in [2.24, 2.45) is 0 Å². The van der Waals surface area contributed by atoms with Crippen molar-refractivity contribution in [3.63, 3.8) is 0 Å². The Kier molecular flexibility index (Phi) is 4.56. The summed E-state index contributed by atoms with van der Waals surface area (Å²) in [6.45, 7) is 2.40. The van der Waals surface area contributed by atoms with E-state index in [4.69, 9.17) is 5.11 Å². The summed E-state index contributed by atoms with van der Waals surface area (Å²) < 4.78 is 25.7. The van der Waals surface area contributed by atoms with Crippen LogP contribution >= 0.6 is 0 Å². The van der Waals surface area contributed by atoms with Crippen molar-refractivity contribution in [3.05, 3.63) is 11.8 Å². The van der Waals surface area contributed by atoms with Crippen LogP contribution in [-0.4, -0.2) is 40.7 Å². The van der Waals surface area contributed by atoms with Crippen molar-refractivity contribution >= 4 is 11.8 Å². The zero-order chi connectivity index (χ0) is 12.9. The molecule has 0 amide bonds. The summed E-state index contributed by atoms with van der Waals surface area (Å²) in [4.78, 5) is 8.05. The number of nitrogens with zero attached hydrogens (tertiary/aromatic N) is 2. The van der Waals surface area contributed by atoms with E-state index in [2.05, 4.69) is 20.6 Å². The molecule has 0 saturated heterocycles. The van der Waals surface area contributed by atoms with Crippen molar-refractivity contribution in [3.8, 4) is 0 Å². The maximum Gasteiger partial charge on any atom is 0.287 e. The minimum absolute atomic E-state index is 0.337. The van der Waals surface area contributed by atoms with Gasteiger partial charge >= 0.3 is 0 Å². The smallest absolute Gasteiger partial charge is 0.287 e. The highest BCUT2D eigenvalue weighted by Gasteiger charge is 2.27. The number of aliphatic hydroxyl groups excluding tert-OH is 1. The lowest BCUT2D eigenvalue weighted by molar-refractivity contribution is -0.0373. The number of aromatic nitrogens is 2. The minimum Gasteiger partial charge on any atom is -0.390 e. The monoisotopic (exact) mass is 246 g/mol. The zero-order valence-electron chi connectivity index (χ0n) is 9.80. The van der Waals surface area contributed by atoms with E-state index in [9.17, 15) is 8.78 Å². The van der Waals surface area contributed by atoms with Crippen LogP contribution in [0.2, 0.25) is 0 Å². The van der Waals surface area contributed by atoms with Crippen LogP contribution in [0.25, 0.3) is 0 Å². The number of halogens is 2. The first-order chi connectivity index (χ1) is 7.98. The molecule has 5 nitrogen and oxygen atoms in total. The molecule has 96 valence electrons. The van der Waals surface area contributed by atoms with E-state index in [0.717, 1.165) is 0 Å². The molecule has 0 saturated carbocycles. The molecule has 17 heavy (non-hydrogen) atoms. The second kappa shape index (κ2) is 5.72. The number of hydrogen-bond donors (Lipinski definition) is 3. The Bertz CT molecular complexity index is 373. The molecule has 0 aliphatic carbocycles. The van der Waals surface area contributed by atoms with Gasteiger partial charge in [-0.3, -0.25) is 0 Å². The maximum absolute atomic E-state index is 12.8. The van der Waals surface area contributed by atoms with Crippen LogP contribution in [0.3, 0.4) is 0 Å². The van der Waals surface area contributed by atoms with Gasteiger partial charge in [0.15, 0.2) is 0 Å². The second-order valence-electron chi connectivity index (χ2n) is 3.62. The van der Waals surface area contributed by atoms with Crippen molar-refractivity contribution in [1.29, 1.82) is 0 Å². The number of anilines is 2. The summed E-state index contributed by atoms with van der Waals surface area (Å²) in [5.74, 6) is -2.44. The fraction of sp³-hybridized carbons (Fsp3) is 0.600. The third-order valence-corrected chi connectivity index (χ3v) is 2.05. The molecule has 7 heteroatoms. The predicted molar refractivity (Wildman–Crippen MR) is 61.5 cm³/mol. The Hall–Kier alpha value is -1.50. The molecule has 0 aliphatic heterocycles. The molecule has 0 aromatic carbocycles. The molecule has 0 spiro atoms. The SMILES string of the molecule is CCNc1ncc(C)c(NCC(F)(F)CO)n1. The van der Waals surface area contributed by atoms with Gasteiger partial charge in [0, 0.05) is 18.3 Å². The number of alkyl halides is 2. The lowest BCUT2D eigenvalue weighted by Gasteiger charge is -2.15. The van der Waals surface area contributed by atoms with Gasteiger partial charge < -0.3 is 15.7 Å². The molecule has 0 fully saturated rings. The zero-order valence-corrected chi connectivity index (χ0v) is 9.80. The molecule has 0 aliphatic rings. The van der Waals surface area contributed by atoms with Crippen molar-refractivity contribution in [2.45, 2.75) is 19.8 Å². The van der Waals surface area contributed by atoms with E-state index < -0.39 is 19.1 Å². The molecule has 0 atom stereocenters. The quantitative estimate of drug-likeness (QED) is 0.705. The maximum atomic E-state index is 12.8. The average Bonchev–Trinajstić information content (AvgIpc) is 2.30. The minimum atomic E-state index is -3.16. The van der Waals surface area contributed by atoms with Gasteiger partial charge in [-0.1, -0.05) is 0 Å². The summed E-state index contributed by atoms with van der Waals surface area (Å²) in [6.07, 6.45) is 1.55. The third-order valence-electron chi connectivity index (χ3n) is 2.05. The first-order valence-electron chi connectivity index (χ1n) is 5.28. The van der Waals surface area contributed by atoms with E-state index >= 15 is 0 Å². The Labute approximate surface area is 98.3 Å². The summed E-state index contributed by atoms with van der Waals surface area (Å²) in [5.41, 5.74) is 0.667. The normalized spacial score (nSPS) is 11.4. The molecule has 3 N–H and O–H groups in total. The van der Waals surface area contributed by atoms with E-state index in [1.807, 2.05) is 6.92 Å².